The molecule has 4 N–H and O–H groups in total. The Kier molecular flexibility index (Phi) is 10.9. The van der Waals surface area contributed by atoms with Crippen LogP contribution in [-0.2, 0) is 10.8 Å². The van der Waals surface area contributed by atoms with E-state index in [2.05, 4.69) is 170 Å². The van der Waals surface area contributed by atoms with Gasteiger partial charge in [0.05, 0.1) is 10.8 Å². The Morgan fingerprint density at radius 1 is 0.208 bits per heavy atom. The lowest BCUT2D eigenvalue weighted by molar-refractivity contribution is 0.475. The van der Waals surface area contributed by atoms with Crippen molar-refractivity contribution in [2.24, 2.45) is 0 Å². The molecule has 0 radical (unpaired) electrons. The van der Waals surface area contributed by atoms with Gasteiger partial charge in [-0.3, -0.25) is 0 Å². The number of benzene rings is 12. The normalized spacial score (nSPS) is 13.2. The van der Waals surface area contributed by atoms with Crippen LogP contribution in [0.3, 0.4) is 0 Å². The van der Waals surface area contributed by atoms with E-state index in [1.54, 1.807) is 24.3 Å². The summed E-state index contributed by atoms with van der Waals surface area (Å²) in [5, 5.41) is 48.4. The first-order valence-corrected chi connectivity index (χ1v) is 23.6. The van der Waals surface area contributed by atoms with Gasteiger partial charge in [0, 0.05) is 0 Å². The van der Waals surface area contributed by atoms with Gasteiger partial charge in [0.25, 0.3) is 0 Å². The summed E-state index contributed by atoms with van der Waals surface area (Å²) in [5.41, 5.74) is 13.8. The third-order valence-electron chi connectivity index (χ3n) is 14.9. The minimum Gasteiger partial charge on any atom is -0.508 e. The highest BCUT2D eigenvalue weighted by Crippen LogP contribution is 2.58. The van der Waals surface area contributed by atoms with Crippen LogP contribution in [0.15, 0.2) is 243 Å². The van der Waals surface area contributed by atoms with Crippen molar-refractivity contribution in [3.8, 4) is 45.3 Å². The van der Waals surface area contributed by atoms with Crippen LogP contribution >= 0.6 is 0 Å². The van der Waals surface area contributed by atoms with Crippen molar-refractivity contribution in [2.75, 3.05) is 0 Å². The van der Waals surface area contributed by atoms with Gasteiger partial charge in [0.1, 0.15) is 23.0 Å². The fourth-order valence-corrected chi connectivity index (χ4v) is 11.9. The molecule has 348 valence electrons. The molecule has 2 aliphatic carbocycles. The lowest BCUT2D eigenvalue weighted by Crippen LogP contribution is -2.28. The molecule has 0 aliphatic heterocycles. The van der Waals surface area contributed by atoms with E-state index in [1.165, 1.54) is 66.8 Å². The summed E-state index contributed by atoms with van der Waals surface area (Å²) in [6.07, 6.45) is 0. The summed E-state index contributed by atoms with van der Waals surface area (Å²) in [7, 11) is 0. The number of phenols is 4. The van der Waals surface area contributed by atoms with Crippen molar-refractivity contribution >= 4 is 43.1 Å². The first kappa shape index (κ1) is 45.3. The van der Waals surface area contributed by atoms with Crippen LogP contribution in [0.5, 0.6) is 23.0 Å². The Morgan fingerprint density at radius 3 is 0.639 bits per heavy atom. The second-order valence-electron chi connectivity index (χ2n) is 18.7. The van der Waals surface area contributed by atoms with Crippen molar-refractivity contribution in [3.63, 3.8) is 0 Å². The van der Waals surface area contributed by atoms with Crippen LogP contribution < -0.4 is 0 Å². The molecule has 4 heteroatoms. The maximum atomic E-state index is 10.0. The zero-order valence-corrected chi connectivity index (χ0v) is 37.9. The molecule has 0 atom stereocenters. The number of fused-ring (bicyclic) bond motifs is 10. The minimum atomic E-state index is -0.495. The Bertz CT molecular complexity index is 3560. The Hall–Kier alpha value is -9.12. The number of rotatable bonds is 4. The van der Waals surface area contributed by atoms with Gasteiger partial charge < -0.3 is 20.4 Å². The Labute approximate surface area is 419 Å². The average Bonchev–Trinajstić information content (AvgIpc) is 3.87. The van der Waals surface area contributed by atoms with Crippen LogP contribution in [0.1, 0.15) is 59.4 Å². The number of phenolic OH excluding ortho intramolecular Hbond substituents is 4. The van der Waals surface area contributed by atoms with Crippen LogP contribution in [0.2, 0.25) is 0 Å². The maximum absolute atomic E-state index is 10.0. The van der Waals surface area contributed by atoms with Gasteiger partial charge in [0.2, 0.25) is 0 Å². The van der Waals surface area contributed by atoms with Gasteiger partial charge >= 0.3 is 0 Å². The minimum absolute atomic E-state index is 0. The van der Waals surface area contributed by atoms with Gasteiger partial charge in [-0.2, -0.15) is 0 Å². The smallest absolute Gasteiger partial charge is 0.116 e. The Balaban J connectivity index is 0.000000151. The van der Waals surface area contributed by atoms with Gasteiger partial charge in [-0.15, -0.1) is 0 Å². The van der Waals surface area contributed by atoms with Gasteiger partial charge in [-0.25, -0.2) is 0 Å². The zero-order valence-electron chi connectivity index (χ0n) is 37.9. The largest absolute Gasteiger partial charge is 0.508 e. The molecule has 0 fully saturated rings. The Morgan fingerprint density at radius 2 is 0.403 bits per heavy atom. The second-order valence-corrected chi connectivity index (χ2v) is 18.7. The first-order chi connectivity index (χ1) is 34.3. The lowest BCUT2D eigenvalue weighted by atomic mass is 9.67. The first-order valence-electron chi connectivity index (χ1n) is 23.6. The van der Waals surface area contributed by atoms with E-state index in [0.29, 0.717) is 0 Å². The average molecular weight is 933 g/mol. The summed E-state index contributed by atoms with van der Waals surface area (Å²) >= 11 is 0. The van der Waals surface area contributed by atoms with Crippen molar-refractivity contribution in [1.82, 2.24) is 0 Å². The highest BCUT2D eigenvalue weighted by molar-refractivity contribution is 5.94. The predicted octanol–water partition coefficient (Wildman–Crippen LogP) is 16.8. The van der Waals surface area contributed by atoms with Crippen molar-refractivity contribution in [3.05, 3.63) is 287 Å². The van der Waals surface area contributed by atoms with Crippen LogP contribution in [0, 0.1) is 0 Å². The van der Waals surface area contributed by atoms with E-state index in [1.807, 2.05) is 48.5 Å². The van der Waals surface area contributed by atoms with E-state index < -0.39 is 10.8 Å². The molecule has 0 saturated carbocycles. The fourth-order valence-electron chi connectivity index (χ4n) is 11.9. The molecule has 12 aromatic rings. The van der Waals surface area contributed by atoms with E-state index in [4.69, 9.17) is 0 Å². The highest BCUT2D eigenvalue weighted by Gasteiger charge is 2.47. The fraction of sp³-hybridized carbons (Fsp3) is 0.0588. The van der Waals surface area contributed by atoms with Gasteiger partial charge in [-0.1, -0.05) is 185 Å². The number of hydrogen-bond donors (Lipinski definition) is 4. The monoisotopic (exact) mass is 932 g/mol. The van der Waals surface area contributed by atoms with Crippen LogP contribution in [-0.4, -0.2) is 20.4 Å². The zero-order chi connectivity index (χ0) is 47.1. The molecule has 0 bridgehead atoms. The van der Waals surface area contributed by atoms with Crippen LogP contribution in [0.25, 0.3) is 65.3 Å². The second kappa shape index (κ2) is 17.4. The van der Waals surface area contributed by atoms with Gasteiger partial charge in [-0.05, 0) is 183 Å². The van der Waals surface area contributed by atoms with E-state index in [9.17, 15) is 20.4 Å². The molecule has 72 heavy (non-hydrogen) atoms. The van der Waals surface area contributed by atoms with Crippen molar-refractivity contribution in [1.29, 1.82) is 0 Å². The van der Waals surface area contributed by atoms with Crippen molar-refractivity contribution in [2.45, 2.75) is 25.7 Å². The molecule has 0 amide bonds. The summed E-state index contributed by atoms with van der Waals surface area (Å²) in [4.78, 5) is 0. The third kappa shape index (κ3) is 6.82. The van der Waals surface area contributed by atoms with Crippen molar-refractivity contribution < 1.29 is 20.4 Å². The molecule has 0 saturated heterocycles. The predicted molar refractivity (Wildman–Crippen MR) is 298 cm³/mol. The standard InChI is InChI=1S/2C33H22O2.2CH4/c2*34-27-15-11-21-17-25(13-9-23(21)19-27)33(26-14-10-24-20-28(35)16-12-22(24)18-26)31-7-3-1-5-29(31)30-6-2-4-8-32(30)33;;/h2*1-20,34-35H;2*1H4. The molecular formula is C68H52O4. The topological polar surface area (TPSA) is 80.9 Å². The molecule has 0 spiro atoms. The number of aromatic hydroxyl groups is 4. The lowest BCUT2D eigenvalue weighted by Gasteiger charge is -2.34. The summed E-state index contributed by atoms with van der Waals surface area (Å²) in [5.74, 6) is 1.09. The summed E-state index contributed by atoms with van der Waals surface area (Å²) < 4.78 is 0. The molecule has 0 unspecified atom stereocenters. The SMILES string of the molecule is C.C.Oc1ccc2cc(C3(c4ccc5cc(O)ccc5c4)c4ccccc4-c4ccccc43)ccc2c1.Oc1ccc2cc(C3(c4ccc5cc(O)ccc5c4)c4ccccc4-c4ccccc43)ccc2c1. The summed E-state index contributed by atoms with van der Waals surface area (Å²) in [6, 6.07) is 83.2. The third-order valence-corrected chi connectivity index (χ3v) is 14.9. The van der Waals surface area contributed by atoms with Crippen LogP contribution in [0.4, 0.5) is 0 Å². The highest BCUT2D eigenvalue weighted by atomic mass is 16.3. The molecule has 4 nitrogen and oxygen atoms in total. The summed E-state index contributed by atoms with van der Waals surface area (Å²) in [6.45, 7) is 0. The van der Waals surface area contributed by atoms with E-state index in [0.717, 1.165) is 43.1 Å². The molecule has 0 aromatic heterocycles. The quantitative estimate of drug-likeness (QED) is 0.142. The van der Waals surface area contributed by atoms with E-state index in [-0.39, 0.29) is 37.9 Å². The van der Waals surface area contributed by atoms with E-state index >= 15 is 0 Å². The molecule has 12 aromatic carbocycles. The number of hydrogen-bond acceptors (Lipinski definition) is 4. The molecular weight excluding hydrogens is 881 g/mol. The molecule has 0 heterocycles. The molecule has 2 aliphatic rings. The maximum Gasteiger partial charge on any atom is 0.116 e. The van der Waals surface area contributed by atoms with Gasteiger partial charge in [0.15, 0.2) is 0 Å². The molecule has 14 rings (SSSR count).